The minimum Gasteiger partial charge on any atom is -0.490 e. The summed E-state index contributed by atoms with van der Waals surface area (Å²) in [5.74, 6) is 2.45. The Morgan fingerprint density at radius 2 is 2.00 bits per heavy atom. The van der Waals surface area contributed by atoms with Crippen LogP contribution >= 0.6 is 0 Å². The molecule has 0 saturated carbocycles. The van der Waals surface area contributed by atoms with Gasteiger partial charge in [0.1, 0.15) is 0 Å². The molecule has 4 nitrogen and oxygen atoms in total. The molecule has 2 atom stereocenters. The molecule has 3 rings (SSSR count). The normalized spacial score (nSPS) is 26.4. The molecule has 1 fully saturated rings. The van der Waals surface area contributed by atoms with Crippen LogP contribution in [0.3, 0.4) is 0 Å². The molecule has 1 saturated heterocycles. The molecule has 1 aromatic carbocycles. The fourth-order valence-corrected chi connectivity index (χ4v) is 3.45. The van der Waals surface area contributed by atoms with Crippen LogP contribution in [-0.2, 0) is 6.54 Å². The lowest BCUT2D eigenvalue weighted by molar-refractivity contribution is 0.0990. The summed E-state index contributed by atoms with van der Waals surface area (Å²) in [6.45, 7) is 6.63. The Balaban J connectivity index is 1.73. The molecule has 2 aliphatic heterocycles. The van der Waals surface area contributed by atoms with E-state index in [1.165, 1.54) is 18.4 Å². The standard InChI is InChI=1S/C17H26N2O2/c1-13-4-2-7-19(15(13)11-18)12-14-5-6-16-17(10-14)21-9-3-8-20-16/h5-6,10,13,15H,2-4,7-9,11-12,18H2,1H3. The molecule has 0 radical (unpaired) electrons. The molecule has 21 heavy (non-hydrogen) atoms. The van der Waals surface area contributed by atoms with E-state index >= 15 is 0 Å². The summed E-state index contributed by atoms with van der Waals surface area (Å²) in [6, 6.07) is 6.82. The van der Waals surface area contributed by atoms with Crippen molar-refractivity contribution < 1.29 is 9.47 Å². The molecule has 2 aliphatic rings. The molecule has 0 bridgehead atoms. The molecule has 4 heteroatoms. The summed E-state index contributed by atoms with van der Waals surface area (Å²) in [6.07, 6.45) is 3.50. The maximum atomic E-state index is 5.98. The Labute approximate surface area is 127 Å². The van der Waals surface area contributed by atoms with Gasteiger partial charge >= 0.3 is 0 Å². The van der Waals surface area contributed by atoms with Crippen LogP contribution in [0.25, 0.3) is 0 Å². The lowest BCUT2D eigenvalue weighted by atomic mass is 9.90. The highest BCUT2D eigenvalue weighted by atomic mass is 16.5. The van der Waals surface area contributed by atoms with Gasteiger partial charge in [-0.05, 0) is 43.0 Å². The summed E-state index contributed by atoms with van der Waals surface area (Å²) in [5.41, 5.74) is 7.27. The zero-order chi connectivity index (χ0) is 14.7. The number of nitrogens with zero attached hydrogens (tertiary/aromatic N) is 1. The van der Waals surface area contributed by atoms with Crippen molar-refractivity contribution >= 4 is 0 Å². The van der Waals surface area contributed by atoms with E-state index < -0.39 is 0 Å². The number of hydrogen-bond donors (Lipinski definition) is 1. The summed E-state index contributed by atoms with van der Waals surface area (Å²) < 4.78 is 11.5. The topological polar surface area (TPSA) is 47.7 Å². The Morgan fingerprint density at radius 3 is 2.81 bits per heavy atom. The van der Waals surface area contributed by atoms with Gasteiger partial charge in [0.05, 0.1) is 13.2 Å². The maximum Gasteiger partial charge on any atom is 0.161 e. The minimum absolute atomic E-state index is 0.495. The van der Waals surface area contributed by atoms with Gasteiger partial charge in [0.15, 0.2) is 11.5 Å². The lowest BCUT2D eigenvalue weighted by Gasteiger charge is -2.39. The first-order valence-electron chi connectivity index (χ1n) is 8.10. The highest BCUT2D eigenvalue weighted by molar-refractivity contribution is 5.43. The van der Waals surface area contributed by atoms with E-state index in [-0.39, 0.29) is 0 Å². The van der Waals surface area contributed by atoms with Crippen molar-refractivity contribution in [2.24, 2.45) is 11.7 Å². The molecule has 116 valence electrons. The quantitative estimate of drug-likeness (QED) is 0.928. The van der Waals surface area contributed by atoms with Gasteiger partial charge in [-0.2, -0.15) is 0 Å². The summed E-state index contributed by atoms with van der Waals surface area (Å²) in [5, 5.41) is 0. The Morgan fingerprint density at radius 1 is 1.19 bits per heavy atom. The zero-order valence-electron chi connectivity index (χ0n) is 12.9. The third kappa shape index (κ3) is 3.33. The number of nitrogens with two attached hydrogens (primary N) is 1. The molecule has 2 heterocycles. The van der Waals surface area contributed by atoms with Crippen LogP contribution in [-0.4, -0.2) is 37.2 Å². The predicted octanol–water partition coefficient (Wildman–Crippen LogP) is 2.41. The highest BCUT2D eigenvalue weighted by Crippen LogP contribution is 2.32. The van der Waals surface area contributed by atoms with E-state index in [0.717, 1.165) is 50.8 Å². The van der Waals surface area contributed by atoms with Crippen LogP contribution in [0, 0.1) is 5.92 Å². The summed E-state index contributed by atoms with van der Waals surface area (Å²) >= 11 is 0. The fourth-order valence-electron chi connectivity index (χ4n) is 3.45. The molecule has 0 spiro atoms. The van der Waals surface area contributed by atoms with Crippen molar-refractivity contribution in [2.45, 2.75) is 38.8 Å². The Bertz CT molecular complexity index is 478. The van der Waals surface area contributed by atoms with Crippen molar-refractivity contribution in [3.63, 3.8) is 0 Å². The second kappa shape index (κ2) is 6.67. The number of benzene rings is 1. The average molecular weight is 290 g/mol. The summed E-state index contributed by atoms with van der Waals surface area (Å²) in [4.78, 5) is 2.52. The van der Waals surface area contributed by atoms with Gasteiger partial charge in [-0.1, -0.05) is 13.0 Å². The molecule has 0 aliphatic carbocycles. The molecule has 2 unspecified atom stereocenters. The second-order valence-corrected chi connectivity index (χ2v) is 6.22. The molecule has 0 amide bonds. The monoisotopic (exact) mass is 290 g/mol. The fraction of sp³-hybridized carbons (Fsp3) is 0.647. The first kappa shape index (κ1) is 14.7. The largest absolute Gasteiger partial charge is 0.490 e. The number of ether oxygens (including phenoxy) is 2. The van der Waals surface area contributed by atoms with Crippen LogP contribution in [0.2, 0.25) is 0 Å². The number of fused-ring (bicyclic) bond motifs is 1. The third-order valence-corrected chi connectivity index (χ3v) is 4.67. The third-order valence-electron chi connectivity index (χ3n) is 4.67. The van der Waals surface area contributed by atoms with Crippen molar-refractivity contribution in [1.82, 2.24) is 4.90 Å². The Kier molecular flexibility index (Phi) is 4.66. The number of likely N-dealkylation sites (tertiary alicyclic amines) is 1. The number of rotatable bonds is 3. The van der Waals surface area contributed by atoms with Crippen LogP contribution in [0.4, 0.5) is 0 Å². The average Bonchev–Trinajstić information content (AvgIpc) is 2.72. The maximum absolute atomic E-state index is 5.98. The lowest BCUT2D eigenvalue weighted by Crippen LogP contribution is -2.47. The first-order valence-corrected chi connectivity index (χ1v) is 8.10. The minimum atomic E-state index is 0.495. The van der Waals surface area contributed by atoms with E-state index in [4.69, 9.17) is 15.2 Å². The van der Waals surface area contributed by atoms with E-state index in [2.05, 4.69) is 24.0 Å². The van der Waals surface area contributed by atoms with E-state index in [1.54, 1.807) is 0 Å². The van der Waals surface area contributed by atoms with Gasteiger partial charge in [-0.25, -0.2) is 0 Å². The van der Waals surface area contributed by atoms with Crippen molar-refractivity contribution in [2.75, 3.05) is 26.3 Å². The van der Waals surface area contributed by atoms with Gasteiger partial charge < -0.3 is 15.2 Å². The van der Waals surface area contributed by atoms with Crippen molar-refractivity contribution in [3.05, 3.63) is 23.8 Å². The van der Waals surface area contributed by atoms with Crippen molar-refractivity contribution in [1.29, 1.82) is 0 Å². The van der Waals surface area contributed by atoms with Crippen LogP contribution in [0.5, 0.6) is 11.5 Å². The van der Waals surface area contributed by atoms with Gasteiger partial charge in [-0.15, -0.1) is 0 Å². The van der Waals surface area contributed by atoms with Gasteiger partial charge in [0.2, 0.25) is 0 Å². The molecule has 0 aromatic heterocycles. The SMILES string of the molecule is CC1CCCN(Cc2ccc3c(c2)OCCCO3)C1CN. The molecule has 1 aromatic rings. The zero-order valence-corrected chi connectivity index (χ0v) is 12.9. The van der Waals surface area contributed by atoms with Gasteiger partial charge in [0.25, 0.3) is 0 Å². The van der Waals surface area contributed by atoms with Crippen LogP contribution < -0.4 is 15.2 Å². The highest BCUT2D eigenvalue weighted by Gasteiger charge is 2.27. The molecular weight excluding hydrogens is 264 g/mol. The van der Waals surface area contributed by atoms with Gasteiger partial charge in [0, 0.05) is 25.6 Å². The number of piperidine rings is 1. The molecule has 2 N–H and O–H groups in total. The van der Waals surface area contributed by atoms with E-state index in [9.17, 15) is 0 Å². The van der Waals surface area contributed by atoms with Gasteiger partial charge in [-0.3, -0.25) is 4.90 Å². The van der Waals surface area contributed by atoms with E-state index in [0.29, 0.717) is 12.0 Å². The van der Waals surface area contributed by atoms with Crippen LogP contribution in [0.1, 0.15) is 31.7 Å². The smallest absolute Gasteiger partial charge is 0.161 e. The first-order chi connectivity index (χ1) is 10.3. The Hall–Kier alpha value is -1.26. The molecular formula is C17H26N2O2. The number of hydrogen-bond acceptors (Lipinski definition) is 4. The second-order valence-electron chi connectivity index (χ2n) is 6.22. The summed E-state index contributed by atoms with van der Waals surface area (Å²) in [7, 11) is 0. The van der Waals surface area contributed by atoms with Crippen molar-refractivity contribution in [3.8, 4) is 11.5 Å². The van der Waals surface area contributed by atoms with Crippen LogP contribution in [0.15, 0.2) is 18.2 Å². The van der Waals surface area contributed by atoms with E-state index in [1.807, 2.05) is 6.07 Å². The predicted molar refractivity (Wildman–Crippen MR) is 83.7 cm³/mol.